The second-order valence-corrected chi connectivity index (χ2v) is 9.82. The van der Waals surface area contributed by atoms with Gasteiger partial charge in [-0.05, 0) is 59.3 Å². The number of carboxylic acid groups (broad SMARTS) is 1. The molecular weight excluding hydrogens is 432 g/mol. The summed E-state index contributed by atoms with van der Waals surface area (Å²) in [4.78, 5) is 67.0. The number of hydrogen-bond donors (Lipinski definition) is 2. The van der Waals surface area contributed by atoms with Crippen LogP contribution in [-0.2, 0) is 23.9 Å². The first-order chi connectivity index (χ1) is 15.5. The SMILES string of the molecule is CC(C)(C)OC(=O)N1CCCC1C(=O)N1CCCC1C(=O)N1CCCC1C(=O)NCC(=O)O. The van der Waals surface area contributed by atoms with E-state index in [1.807, 2.05) is 0 Å². The van der Waals surface area contributed by atoms with Crippen molar-refractivity contribution < 1.29 is 33.8 Å². The van der Waals surface area contributed by atoms with Gasteiger partial charge in [0.15, 0.2) is 0 Å². The molecule has 3 atom stereocenters. The molecule has 33 heavy (non-hydrogen) atoms. The minimum absolute atomic E-state index is 0.264. The van der Waals surface area contributed by atoms with Crippen molar-refractivity contribution in [2.45, 2.75) is 83.0 Å². The zero-order chi connectivity index (χ0) is 24.3. The highest BCUT2D eigenvalue weighted by atomic mass is 16.6. The van der Waals surface area contributed by atoms with Gasteiger partial charge >= 0.3 is 12.1 Å². The van der Waals surface area contributed by atoms with E-state index in [4.69, 9.17) is 9.84 Å². The van der Waals surface area contributed by atoms with E-state index < -0.39 is 48.2 Å². The van der Waals surface area contributed by atoms with Gasteiger partial charge in [-0.15, -0.1) is 0 Å². The average molecular weight is 467 g/mol. The lowest BCUT2D eigenvalue weighted by molar-refractivity contribution is -0.148. The molecule has 0 saturated carbocycles. The van der Waals surface area contributed by atoms with Crippen molar-refractivity contribution in [3.05, 3.63) is 0 Å². The Morgan fingerprint density at radius 3 is 1.79 bits per heavy atom. The van der Waals surface area contributed by atoms with Crippen LogP contribution in [0.25, 0.3) is 0 Å². The van der Waals surface area contributed by atoms with Gasteiger partial charge in [-0.3, -0.25) is 24.1 Å². The van der Waals surface area contributed by atoms with Gasteiger partial charge < -0.3 is 25.0 Å². The molecule has 184 valence electrons. The molecular formula is C22H34N4O7. The van der Waals surface area contributed by atoms with E-state index in [1.54, 1.807) is 25.7 Å². The van der Waals surface area contributed by atoms with Gasteiger partial charge in [0, 0.05) is 19.6 Å². The van der Waals surface area contributed by atoms with Crippen molar-refractivity contribution in [1.29, 1.82) is 0 Å². The smallest absolute Gasteiger partial charge is 0.410 e. The Bertz CT molecular complexity index is 809. The number of aliphatic carboxylic acids is 1. The molecule has 3 unspecified atom stereocenters. The second kappa shape index (κ2) is 9.96. The Hall–Kier alpha value is -2.85. The van der Waals surface area contributed by atoms with Crippen LogP contribution in [0.15, 0.2) is 0 Å². The largest absolute Gasteiger partial charge is 0.480 e. The van der Waals surface area contributed by atoms with Crippen LogP contribution in [0.3, 0.4) is 0 Å². The highest BCUT2D eigenvalue weighted by Crippen LogP contribution is 2.29. The van der Waals surface area contributed by atoms with Crippen molar-refractivity contribution in [1.82, 2.24) is 20.0 Å². The number of carbonyl (C=O) groups excluding carboxylic acids is 4. The molecule has 3 heterocycles. The van der Waals surface area contributed by atoms with Gasteiger partial charge in [0.05, 0.1) is 0 Å². The normalized spacial score (nSPS) is 25.3. The third kappa shape index (κ3) is 5.75. The van der Waals surface area contributed by atoms with E-state index in [9.17, 15) is 24.0 Å². The molecule has 0 bridgehead atoms. The van der Waals surface area contributed by atoms with E-state index in [-0.39, 0.29) is 11.8 Å². The number of nitrogens with one attached hydrogen (secondary N) is 1. The van der Waals surface area contributed by atoms with Crippen LogP contribution >= 0.6 is 0 Å². The van der Waals surface area contributed by atoms with Crippen molar-refractivity contribution in [3.63, 3.8) is 0 Å². The molecule has 4 amide bonds. The lowest BCUT2D eigenvalue weighted by Crippen LogP contribution is -2.56. The Morgan fingerprint density at radius 1 is 0.818 bits per heavy atom. The van der Waals surface area contributed by atoms with Crippen molar-refractivity contribution in [2.75, 3.05) is 26.2 Å². The number of ether oxygens (including phenoxy) is 1. The quantitative estimate of drug-likeness (QED) is 0.604. The van der Waals surface area contributed by atoms with E-state index in [0.29, 0.717) is 58.2 Å². The van der Waals surface area contributed by atoms with Gasteiger partial charge in [-0.1, -0.05) is 0 Å². The summed E-state index contributed by atoms with van der Waals surface area (Å²) < 4.78 is 5.46. The van der Waals surface area contributed by atoms with Crippen molar-refractivity contribution >= 4 is 29.8 Å². The molecule has 0 radical (unpaired) electrons. The van der Waals surface area contributed by atoms with Crippen molar-refractivity contribution in [3.8, 4) is 0 Å². The number of carboxylic acids is 1. The fraction of sp³-hybridized carbons (Fsp3) is 0.773. The molecule has 0 aliphatic carbocycles. The van der Waals surface area contributed by atoms with Gasteiger partial charge in [0.25, 0.3) is 0 Å². The lowest BCUT2D eigenvalue weighted by atomic mass is 10.1. The summed E-state index contributed by atoms with van der Waals surface area (Å²) in [5.41, 5.74) is -0.675. The summed E-state index contributed by atoms with van der Waals surface area (Å²) in [6, 6.07) is -2.09. The third-order valence-corrected chi connectivity index (χ3v) is 6.24. The minimum atomic E-state index is -1.15. The van der Waals surface area contributed by atoms with Crippen LogP contribution in [0, 0.1) is 0 Å². The van der Waals surface area contributed by atoms with Gasteiger partial charge in [-0.2, -0.15) is 0 Å². The molecule has 3 aliphatic heterocycles. The number of nitrogens with zero attached hydrogens (tertiary/aromatic N) is 3. The summed E-state index contributed by atoms with van der Waals surface area (Å²) >= 11 is 0. The molecule has 2 N–H and O–H groups in total. The molecule has 3 aliphatic rings. The molecule has 11 nitrogen and oxygen atoms in total. The highest BCUT2D eigenvalue weighted by Gasteiger charge is 2.46. The first kappa shape index (κ1) is 24.8. The molecule has 3 rings (SSSR count). The average Bonchev–Trinajstić information content (AvgIpc) is 3.49. The predicted molar refractivity (Wildman–Crippen MR) is 116 cm³/mol. The Labute approximate surface area is 193 Å². The second-order valence-electron chi connectivity index (χ2n) is 9.82. The predicted octanol–water partition coefficient (Wildman–Crippen LogP) is 0.569. The topological polar surface area (TPSA) is 137 Å². The van der Waals surface area contributed by atoms with E-state index in [0.717, 1.165) is 0 Å². The monoisotopic (exact) mass is 466 g/mol. The molecule has 3 saturated heterocycles. The Morgan fingerprint density at radius 2 is 1.27 bits per heavy atom. The lowest BCUT2D eigenvalue weighted by Gasteiger charge is -2.34. The van der Waals surface area contributed by atoms with Crippen LogP contribution in [-0.4, -0.2) is 99.5 Å². The number of amides is 4. The first-order valence-corrected chi connectivity index (χ1v) is 11.6. The summed E-state index contributed by atoms with van der Waals surface area (Å²) in [6.07, 6.45) is 2.89. The Kier molecular flexibility index (Phi) is 7.48. The molecule has 0 aromatic carbocycles. The number of rotatable bonds is 5. The maximum Gasteiger partial charge on any atom is 0.410 e. The van der Waals surface area contributed by atoms with Crippen LogP contribution in [0.5, 0.6) is 0 Å². The molecule has 11 heteroatoms. The highest BCUT2D eigenvalue weighted by molar-refractivity contribution is 5.95. The van der Waals surface area contributed by atoms with Crippen LogP contribution in [0.4, 0.5) is 4.79 Å². The number of carbonyl (C=O) groups is 5. The van der Waals surface area contributed by atoms with Crippen LogP contribution in [0.2, 0.25) is 0 Å². The van der Waals surface area contributed by atoms with Gasteiger partial charge in [0.1, 0.15) is 30.3 Å². The van der Waals surface area contributed by atoms with E-state index in [1.165, 1.54) is 9.80 Å². The number of hydrogen-bond acceptors (Lipinski definition) is 6. The fourth-order valence-electron chi connectivity index (χ4n) is 4.82. The molecule has 0 aromatic rings. The van der Waals surface area contributed by atoms with Gasteiger partial charge in [-0.25, -0.2) is 4.79 Å². The minimum Gasteiger partial charge on any atom is -0.480 e. The summed E-state index contributed by atoms with van der Waals surface area (Å²) in [5, 5.41) is 11.1. The summed E-state index contributed by atoms with van der Waals surface area (Å²) in [5.74, 6) is -2.21. The molecule has 3 fully saturated rings. The maximum absolute atomic E-state index is 13.4. The summed E-state index contributed by atoms with van der Waals surface area (Å²) in [7, 11) is 0. The van der Waals surface area contributed by atoms with Crippen LogP contribution < -0.4 is 5.32 Å². The van der Waals surface area contributed by atoms with E-state index in [2.05, 4.69) is 5.32 Å². The fourth-order valence-corrected chi connectivity index (χ4v) is 4.82. The number of likely N-dealkylation sites (tertiary alicyclic amines) is 3. The first-order valence-electron chi connectivity index (χ1n) is 11.6. The van der Waals surface area contributed by atoms with E-state index >= 15 is 0 Å². The Balaban J connectivity index is 1.68. The zero-order valence-electron chi connectivity index (χ0n) is 19.5. The molecule has 0 aromatic heterocycles. The summed E-state index contributed by atoms with van der Waals surface area (Å²) in [6.45, 7) is 6.03. The van der Waals surface area contributed by atoms with Crippen LogP contribution in [0.1, 0.15) is 59.3 Å². The standard InChI is InChI=1S/C22H34N4O7/c1-22(2,3)33-21(32)26-12-6-9-16(26)20(31)25-11-5-8-15(25)19(30)24-10-4-7-14(24)18(29)23-13-17(27)28/h14-16H,4-13H2,1-3H3,(H,23,29)(H,27,28). The third-order valence-electron chi connectivity index (χ3n) is 6.24. The van der Waals surface area contributed by atoms with Crippen molar-refractivity contribution in [2.24, 2.45) is 0 Å². The molecule has 0 spiro atoms. The van der Waals surface area contributed by atoms with Gasteiger partial charge in [0.2, 0.25) is 17.7 Å². The zero-order valence-corrected chi connectivity index (χ0v) is 19.5. The maximum atomic E-state index is 13.4.